The van der Waals surface area contributed by atoms with Crippen LogP contribution in [0.25, 0.3) is 0 Å². The molecule has 0 amide bonds. The highest BCUT2D eigenvalue weighted by Gasteiger charge is 2.19. The van der Waals surface area contributed by atoms with Gasteiger partial charge in [0.2, 0.25) is 0 Å². The van der Waals surface area contributed by atoms with Gasteiger partial charge in [-0.15, -0.1) is 0 Å². The molecule has 0 aliphatic rings. The van der Waals surface area contributed by atoms with Crippen LogP contribution < -0.4 is 0 Å². The molecule has 73 heavy (non-hydrogen) atoms. The normalized spacial score (nSPS) is 12.8. The molecule has 0 rings (SSSR count). The maximum absolute atomic E-state index is 12.9. The first-order valence-corrected chi connectivity index (χ1v) is 30.7. The number of hydrogen-bond acceptors (Lipinski definition) is 6. The number of carbonyl (C=O) groups is 3. The summed E-state index contributed by atoms with van der Waals surface area (Å²) in [6.07, 6.45) is 81.2. The van der Waals surface area contributed by atoms with Crippen molar-refractivity contribution in [2.75, 3.05) is 13.2 Å². The summed E-state index contributed by atoms with van der Waals surface area (Å²) in [5.74, 6) is -0.898. The fraction of sp³-hybridized carbons (Fsp3) is 0.716. The minimum Gasteiger partial charge on any atom is -0.462 e. The van der Waals surface area contributed by atoms with Crippen molar-refractivity contribution < 1.29 is 28.6 Å². The Kier molecular flexibility index (Phi) is 57.8. The molecule has 0 saturated heterocycles. The number of allylic oxidation sites excluding steroid dienone is 16. The highest BCUT2D eigenvalue weighted by molar-refractivity contribution is 5.71. The second-order valence-corrected chi connectivity index (χ2v) is 20.2. The van der Waals surface area contributed by atoms with Crippen molar-refractivity contribution in [3.8, 4) is 0 Å². The predicted molar refractivity (Wildman–Crippen MR) is 316 cm³/mol. The Labute approximate surface area is 451 Å². The second-order valence-electron chi connectivity index (χ2n) is 20.2. The van der Waals surface area contributed by atoms with Crippen LogP contribution in [0.5, 0.6) is 0 Å². The van der Waals surface area contributed by atoms with Crippen LogP contribution in [0.2, 0.25) is 0 Å². The zero-order valence-electron chi connectivity index (χ0n) is 47.9. The fourth-order valence-electron chi connectivity index (χ4n) is 8.50. The second kappa shape index (κ2) is 60.9. The first-order chi connectivity index (χ1) is 36.0. The quantitative estimate of drug-likeness (QED) is 0.0261. The van der Waals surface area contributed by atoms with Gasteiger partial charge in [0.25, 0.3) is 0 Å². The van der Waals surface area contributed by atoms with E-state index in [2.05, 4.69) is 118 Å². The van der Waals surface area contributed by atoms with Crippen molar-refractivity contribution in [1.82, 2.24) is 0 Å². The van der Waals surface area contributed by atoms with Gasteiger partial charge in [-0.1, -0.05) is 253 Å². The Balaban J connectivity index is 4.32. The smallest absolute Gasteiger partial charge is 0.306 e. The van der Waals surface area contributed by atoms with Gasteiger partial charge in [-0.2, -0.15) is 0 Å². The van der Waals surface area contributed by atoms with Gasteiger partial charge in [0.15, 0.2) is 6.10 Å². The third-order valence-electron chi connectivity index (χ3n) is 13.1. The highest BCUT2D eigenvalue weighted by atomic mass is 16.6. The van der Waals surface area contributed by atoms with E-state index in [4.69, 9.17) is 14.2 Å². The molecule has 6 nitrogen and oxygen atoms in total. The lowest BCUT2D eigenvalue weighted by molar-refractivity contribution is -0.167. The van der Waals surface area contributed by atoms with Crippen LogP contribution in [0.15, 0.2) is 97.2 Å². The molecule has 0 radical (unpaired) electrons. The zero-order chi connectivity index (χ0) is 52.9. The van der Waals surface area contributed by atoms with Crippen molar-refractivity contribution in [2.45, 2.75) is 297 Å². The van der Waals surface area contributed by atoms with E-state index in [-0.39, 0.29) is 31.1 Å². The molecule has 0 heterocycles. The molecule has 1 unspecified atom stereocenters. The van der Waals surface area contributed by atoms with E-state index in [1.165, 1.54) is 135 Å². The van der Waals surface area contributed by atoms with E-state index >= 15 is 0 Å². The van der Waals surface area contributed by atoms with Crippen molar-refractivity contribution in [3.63, 3.8) is 0 Å². The van der Waals surface area contributed by atoms with E-state index in [1.54, 1.807) is 0 Å². The lowest BCUT2D eigenvalue weighted by Gasteiger charge is -2.18. The molecule has 0 fully saturated rings. The first kappa shape index (κ1) is 69.3. The van der Waals surface area contributed by atoms with Crippen molar-refractivity contribution >= 4 is 17.9 Å². The van der Waals surface area contributed by atoms with E-state index in [1.807, 2.05) is 0 Å². The van der Waals surface area contributed by atoms with Gasteiger partial charge in [-0.05, 0) is 116 Å². The first-order valence-electron chi connectivity index (χ1n) is 30.7. The third-order valence-corrected chi connectivity index (χ3v) is 13.1. The summed E-state index contributed by atoms with van der Waals surface area (Å²) >= 11 is 0. The van der Waals surface area contributed by atoms with Crippen molar-refractivity contribution in [3.05, 3.63) is 97.2 Å². The Morgan fingerprint density at radius 3 is 0.849 bits per heavy atom. The molecule has 0 aliphatic heterocycles. The highest BCUT2D eigenvalue weighted by Crippen LogP contribution is 2.16. The van der Waals surface area contributed by atoms with Gasteiger partial charge >= 0.3 is 17.9 Å². The summed E-state index contributed by atoms with van der Waals surface area (Å²) < 4.78 is 16.9. The molecule has 0 aromatic rings. The Hall–Kier alpha value is -3.67. The van der Waals surface area contributed by atoms with Gasteiger partial charge in [-0.25, -0.2) is 0 Å². The van der Waals surface area contributed by atoms with E-state index in [9.17, 15) is 14.4 Å². The summed E-state index contributed by atoms with van der Waals surface area (Å²) in [5.41, 5.74) is 0. The Bertz CT molecular complexity index is 1440. The number of esters is 3. The Morgan fingerprint density at radius 1 is 0.288 bits per heavy atom. The SMILES string of the molecule is CC/C=C\C/C=C\C/C=C\C/C=C\CCCCCCCCCCCCCCC(=O)OCC(COC(=O)CCCCCCC/C=C\CCCCCC)OC(=O)CCCCCCCCC/C=C\C/C=C\C/C=C\CC. The average Bonchev–Trinajstić information content (AvgIpc) is 3.39. The van der Waals surface area contributed by atoms with Gasteiger partial charge in [0, 0.05) is 19.3 Å². The minimum absolute atomic E-state index is 0.0845. The monoisotopic (exact) mass is 1010 g/mol. The standard InChI is InChI=1S/C67H114O6/c1-4-7-10-13-16-19-22-25-27-29-30-31-32-33-34-35-36-38-39-42-45-48-51-54-57-60-66(69)72-63-64(62-71-65(68)59-56-53-50-47-44-41-24-21-18-15-12-9-6-3)73-67(70)61-58-55-52-49-46-43-40-37-28-26-23-20-17-14-11-8-5-2/h7-8,10-11,16-17,19-21,24-28,30-31,64H,4-6,9,12-15,18,22-23,29,32-63H2,1-3H3/b10-7-,11-8-,19-16-,20-17-,24-21-,27-25-,28-26-,31-30-. The maximum atomic E-state index is 12.9. The fourth-order valence-corrected chi connectivity index (χ4v) is 8.50. The van der Waals surface area contributed by atoms with E-state index in [0.29, 0.717) is 19.3 Å². The molecule has 0 saturated carbocycles. The molecule has 0 bridgehead atoms. The molecule has 0 aromatic carbocycles. The Morgan fingerprint density at radius 2 is 0.534 bits per heavy atom. The van der Waals surface area contributed by atoms with Gasteiger partial charge < -0.3 is 14.2 Å². The molecule has 0 aliphatic carbocycles. The van der Waals surface area contributed by atoms with Crippen LogP contribution in [0.4, 0.5) is 0 Å². The minimum atomic E-state index is -0.788. The number of carbonyl (C=O) groups excluding carboxylic acids is 3. The molecule has 418 valence electrons. The average molecular weight is 1020 g/mol. The predicted octanol–water partition coefficient (Wildman–Crippen LogP) is 20.9. The van der Waals surface area contributed by atoms with Crippen LogP contribution in [0, 0.1) is 0 Å². The van der Waals surface area contributed by atoms with E-state index < -0.39 is 6.10 Å². The largest absolute Gasteiger partial charge is 0.462 e. The molecule has 0 aromatic heterocycles. The number of hydrogen-bond donors (Lipinski definition) is 0. The number of rotatable bonds is 55. The molecule has 6 heteroatoms. The summed E-state index contributed by atoms with van der Waals surface area (Å²) in [6.45, 7) is 6.40. The molecular weight excluding hydrogens is 901 g/mol. The molecule has 1 atom stereocenters. The summed E-state index contributed by atoms with van der Waals surface area (Å²) in [5, 5.41) is 0. The number of unbranched alkanes of at least 4 members (excludes halogenated alkanes) is 28. The van der Waals surface area contributed by atoms with Crippen LogP contribution in [-0.4, -0.2) is 37.2 Å². The summed E-state index contributed by atoms with van der Waals surface area (Å²) in [7, 11) is 0. The number of ether oxygens (including phenoxy) is 3. The van der Waals surface area contributed by atoms with Crippen molar-refractivity contribution in [1.29, 1.82) is 0 Å². The lowest BCUT2D eigenvalue weighted by Crippen LogP contribution is -2.30. The van der Waals surface area contributed by atoms with E-state index in [0.717, 1.165) is 116 Å². The van der Waals surface area contributed by atoms with Gasteiger partial charge in [-0.3, -0.25) is 14.4 Å². The van der Waals surface area contributed by atoms with Gasteiger partial charge in [0.05, 0.1) is 0 Å². The molecular formula is C67H114O6. The van der Waals surface area contributed by atoms with Crippen LogP contribution in [-0.2, 0) is 28.6 Å². The molecule has 0 N–H and O–H groups in total. The lowest BCUT2D eigenvalue weighted by atomic mass is 10.0. The zero-order valence-corrected chi connectivity index (χ0v) is 47.9. The van der Waals surface area contributed by atoms with Crippen LogP contribution >= 0.6 is 0 Å². The summed E-state index contributed by atoms with van der Waals surface area (Å²) in [4.78, 5) is 38.2. The maximum Gasteiger partial charge on any atom is 0.306 e. The molecule has 0 spiro atoms. The summed E-state index contributed by atoms with van der Waals surface area (Å²) in [6, 6.07) is 0. The van der Waals surface area contributed by atoms with Crippen LogP contribution in [0.3, 0.4) is 0 Å². The topological polar surface area (TPSA) is 78.9 Å². The van der Waals surface area contributed by atoms with Crippen LogP contribution in [0.1, 0.15) is 290 Å². The van der Waals surface area contributed by atoms with Gasteiger partial charge in [0.1, 0.15) is 13.2 Å². The third kappa shape index (κ3) is 59.1. The van der Waals surface area contributed by atoms with Crippen molar-refractivity contribution in [2.24, 2.45) is 0 Å².